The molecule has 0 unspecified atom stereocenters. The number of esters is 1. The fourth-order valence-electron chi connectivity index (χ4n) is 2.02. The average Bonchev–Trinajstić information content (AvgIpc) is 2.54. The smallest absolute Gasteiger partial charge is 0.337 e. The van der Waals surface area contributed by atoms with Gasteiger partial charge >= 0.3 is 5.97 Å². The van der Waals surface area contributed by atoms with Crippen molar-refractivity contribution in [1.82, 2.24) is 0 Å². The molecular formula is C17H26O6. The molecule has 130 valence electrons. The van der Waals surface area contributed by atoms with Crippen molar-refractivity contribution in [1.29, 1.82) is 0 Å². The number of hydrogen-bond acceptors (Lipinski definition) is 6. The summed E-state index contributed by atoms with van der Waals surface area (Å²) in [4.78, 5) is 11.5. The van der Waals surface area contributed by atoms with Gasteiger partial charge in [0.15, 0.2) is 6.10 Å². The third-order valence-electron chi connectivity index (χ3n) is 3.53. The van der Waals surface area contributed by atoms with Gasteiger partial charge in [-0.15, -0.1) is 0 Å². The number of benzene rings is 1. The molecule has 1 aromatic carbocycles. The van der Waals surface area contributed by atoms with E-state index in [0.29, 0.717) is 6.61 Å². The van der Waals surface area contributed by atoms with E-state index in [1.165, 1.54) is 0 Å². The van der Waals surface area contributed by atoms with Gasteiger partial charge in [-0.25, -0.2) is 4.79 Å². The predicted molar refractivity (Wildman–Crippen MR) is 85.1 cm³/mol. The van der Waals surface area contributed by atoms with E-state index in [2.05, 4.69) is 0 Å². The molecule has 0 amide bonds. The Balaban J connectivity index is 2.51. The van der Waals surface area contributed by atoms with Crippen LogP contribution in [0.4, 0.5) is 0 Å². The first kappa shape index (κ1) is 19.4. The standard InChI is InChI=1S/C17H26O6/c1-5-23-16(20)14(18)15(19)17(2,3)11-22-10-12-6-8-13(21-4)9-7-12/h6-9,14-15,18-19H,5,10-11H2,1-4H3/t14-,15-/m1/s1. The molecule has 0 aliphatic heterocycles. The van der Waals surface area contributed by atoms with E-state index in [0.717, 1.165) is 11.3 Å². The topological polar surface area (TPSA) is 85.2 Å². The van der Waals surface area contributed by atoms with Gasteiger partial charge in [-0.1, -0.05) is 26.0 Å². The minimum atomic E-state index is -1.59. The van der Waals surface area contributed by atoms with Crippen molar-refractivity contribution in [2.24, 2.45) is 5.41 Å². The van der Waals surface area contributed by atoms with E-state index in [1.54, 1.807) is 27.9 Å². The van der Waals surface area contributed by atoms with Crippen molar-refractivity contribution in [3.63, 3.8) is 0 Å². The molecule has 2 atom stereocenters. The van der Waals surface area contributed by atoms with Gasteiger partial charge in [0.1, 0.15) is 5.75 Å². The van der Waals surface area contributed by atoms with E-state index in [4.69, 9.17) is 14.2 Å². The Morgan fingerprint density at radius 2 is 1.83 bits per heavy atom. The molecule has 2 N–H and O–H groups in total. The largest absolute Gasteiger partial charge is 0.497 e. The maximum atomic E-state index is 11.5. The zero-order valence-corrected chi connectivity index (χ0v) is 14.1. The number of methoxy groups -OCH3 is 1. The maximum Gasteiger partial charge on any atom is 0.337 e. The van der Waals surface area contributed by atoms with Crippen molar-refractivity contribution in [2.45, 2.75) is 39.6 Å². The van der Waals surface area contributed by atoms with Crippen molar-refractivity contribution in [2.75, 3.05) is 20.3 Å². The second-order valence-electron chi connectivity index (χ2n) is 5.97. The van der Waals surface area contributed by atoms with Crippen molar-refractivity contribution < 1.29 is 29.2 Å². The fourth-order valence-corrected chi connectivity index (χ4v) is 2.02. The van der Waals surface area contributed by atoms with Crippen LogP contribution in [0.3, 0.4) is 0 Å². The molecule has 0 bridgehead atoms. The highest BCUT2D eigenvalue weighted by Crippen LogP contribution is 2.25. The molecule has 23 heavy (non-hydrogen) atoms. The predicted octanol–water partition coefficient (Wildman–Crippen LogP) is 1.52. The van der Waals surface area contributed by atoms with Gasteiger partial charge < -0.3 is 24.4 Å². The Bertz CT molecular complexity index is 482. The number of aliphatic hydroxyl groups excluding tert-OH is 2. The Hall–Kier alpha value is -1.63. The van der Waals surface area contributed by atoms with Gasteiger partial charge in [-0.2, -0.15) is 0 Å². The Labute approximate surface area is 137 Å². The van der Waals surface area contributed by atoms with E-state index in [9.17, 15) is 15.0 Å². The van der Waals surface area contributed by atoms with Crippen LogP contribution in [-0.2, 0) is 20.9 Å². The molecule has 0 aromatic heterocycles. The molecular weight excluding hydrogens is 300 g/mol. The Morgan fingerprint density at radius 3 is 2.35 bits per heavy atom. The van der Waals surface area contributed by atoms with Gasteiger partial charge in [0.25, 0.3) is 0 Å². The minimum Gasteiger partial charge on any atom is -0.497 e. The number of carbonyl (C=O) groups excluding carboxylic acids is 1. The average molecular weight is 326 g/mol. The lowest BCUT2D eigenvalue weighted by Gasteiger charge is -2.32. The SMILES string of the molecule is CCOC(=O)[C@H](O)[C@@H](O)C(C)(C)COCc1ccc(OC)cc1. The molecule has 0 fully saturated rings. The van der Waals surface area contributed by atoms with Crippen LogP contribution in [0.15, 0.2) is 24.3 Å². The lowest BCUT2D eigenvalue weighted by atomic mass is 9.84. The monoisotopic (exact) mass is 326 g/mol. The second kappa shape index (κ2) is 8.86. The number of ether oxygens (including phenoxy) is 3. The van der Waals surface area contributed by atoms with Crippen LogP contribution in [0.5, 0.6) is 5.75 Å². The molecule has 0 aliphatic rings. The van der Waals surface area contributed by atoms with Crippen LogP contribution in [0.25, 0.3) is 0 Å². The number of hydrogen-bond donors (Lipinski definition) is 2. The molecule has 0 saturated carbocycles. The third-order valence-corrected chi connectivity index (χ3v) is 3.53. The van der Waals surface area contributed by atoms with Gasteiger partial charge in [0, 0.05) is 5.41 Å². The summed E-state index contributed by atoms with van der Waals surface area (Å²) in [5.41, 5.74) is 0.153. The Morgan fingerprint density at radius 1 is 1.22 bits per heavy atom. The highest BCUT2D eigenvalue weighted by Gasteiger charge is 2.38. The molecule has 1 aromatic rings. The zero-order valence-electron chi connectivity index (χ0n) is 14.1. The molecule has 6 heteroatoms. The third kappa shape index (κ3) is 5.82. The first-order chi connectivity index (χ1) is 10.8. The summed E-state index contributed by atoms with van der Waals surface area (Å²) < 4.78 is 15.4. The molecule has 0 spiro atoms. The van der Waals surface area contributed by atoms with E-state index in [-0.39, 0.29) is 13.2 Å². The van der Waals surface area contributed by atoms with E-state index in [1.807, 2.05) is 24.3 Å². The van der Waals surface area contributed by atoms with Crippen LogP contribution in [0, 0.1) is 5.41 Å². The van der Waals surface area contributed by atoms with Gasteiger partial charge in [0.05, 0.1) is 33.0 Å². The van der Waals surface area contributed by atoms with Crippen molar-refractivity contribution in [3.8, 4) is 5.75 Å². The van der Waals surface area contributed by atoms with Gasteiger partial charge in [-0.3, -0.25) is 0 Å². The highest BCUT2D eigenvalue weighted by atomic mass is 16.5. The number of carbonyl (C=O) groups is 1. The summed E-state index contributed by atoms with van der Waals surface area (Å²) in [5, 5.41) is 20.0. The van der Waals surface area contributed by atoms with E-state index < -0.39 is 23.6 Å². The van der Waals surface area contributed by atoms with E-state index >= 15 is 0 Å². The van der Waals surface area contributed by atoms with Crippen molar-refractivity contribution >= 4 is 5.97 Å². The molecule has 0 radical (unpaired) electrons. The summed E-state index contributed by atoms with van der Waals surface area (Å²) in [6.45, 7) is 5.76. The van der Waals surface area contributed by atoms with Crippen molar-refractivity contribution in [3.05, 3.63) is 29.8 Å². The van der Waals surface area contributed by atoms with Crippen LogP contribution in [0.1, 0.15) is 26.3 Å². The summed E-state index contributed by atoms with van der Waals surface area (Å²) >= 11 is 0. The second-order valence-corrected chi connectivity index (χ2v) is 5.97. The molecule has 1 rings (SSSR count). The normalized spacial score (nSPS) is 14.2. The first-order valence-electron chi connectivity index (χ1n) is 7.55. The summed E-state index contributed by atoms with van der Waals surface area (Å²) in [7, 11) is 1.60. The van der Waals surface area contributed by atoms with Gasteiger partial charge in [-0.05, 0) is 24.6 Å². The fraction of sp³-hybridized carbons (Fsp3) is 0.588. The number of aliphatic hydroxyl groups is 2. The highest BCUT2D eigenvalue weighted by molar-refractivity contribution is 5.75. The summed E-state index contributed by atoms with van der Waals surface area (Å²) in [5.74, 6) is -0.0645. The quantitative estimate of drug-likeness (QED) is 0.669. The molecule has 0 saturated heterocycles. The number of rotatable bonds is 9. The minimum absolute atomic E-state index is 0.150. The van der Waals surface area contributed by atoms with Crippen LogP contribution < -0.4 is 4.74 Å². The maximum absolute atomic E-state index is 11.5. The first-order valence-corrected chi connectivity index (χ1v) is 7.55. The molecule has 0 aliphatic carbocycles. The van der Waals surface area contributed by atoms with Gasteiger partial charge in [0.2, 0.25) is 0 Å². The van der Waals surface area contributed by atoms with Crippen LogP contribution >= 0.6 is 0 Å². The summed E-state index contributed by atoms with van der Waals surface area (Å²) in [6.07, 6.45) is -2.87. The lowest BCUT2D eigenvalue weighted by Crippen LogP contribution is -2.46. The zero-order chi connectivity index (χ0) is 17.5. The molecule has 0 heterocycles. The Kier molecular flexibility index (Phi) is 7.48. The molecule has 6 nitrogen and oxygen atoms in total. The lowest BCUT2D eigenvalue weighted by molar-refractivity contribution is -0.167. The van der Waals surface area contributed by atoms with Crippen LogP contribution in [-0.4, -0.2) is 48.7 Å². The summed E-state index contributed by atoms with van der Waals surface area (Å²) in [6, 6.07) is 7.44. The van der Waals surface area contributed by atoms with Crippen LogP contribution in [0.2, 0.25) is 0 Å².